The second kappa shape index (κ2) is 7.33. The smallest absolute Gasteiger partial charge is 0.297 e. The number of carbonyl (C=O) groups excluding carboxylic acids is 2. The fraction of sp³-hybridized carbons (Fsp3) is 0.240. The van der Waals surface area contributed by atoms with Crippen LogP contribution < -0.4 is 15.2 Å². The summed E-state index contributed by atoms with van der Waals surface area (Å²) in [5.41, 5.74) is -0.544. The second-order valence-electron chi connectivity index (χ2n) is 8.28. The first-order chi connectivity index (χ1) is 16.5. The molecule has 2 aromatic heterocycles. The molecule has 9 heteroatoms. The first kappa shape index (κ1) is 20.7. The highest BCUT2D eigenvalue weighted by Crippen LogP contribution is 2.54. The van der Waals surface area contributed by atoms with Crippen molar-refractivity contribution in [1.29, 1.82) is 0 Å². The van der Waals surface area contributed by atoms with E-state index in [2.05, 4.69) is 10.2 Å². The Morgan fingerprint density at radius 2 is 1.76 bits per heavy atom. The van der Waals surface area contributed by atoms with Gasteiger partial charge in [-0.1, -0.05) is 48.6 Å². The molecule has 170 valence electrons. The number of rotatable bonds is 4. The molecule has 0 N–H and O–H groups in total. The van der Waals surface area contributed by atoms with E-state index in [1.807, 2.05) is 26.0 Å². The van der Waals surface area contributed by atoms with Crippen molar-refractivity contribution in [2.45, 2.75) is 32.2 Å². The molecule has 0 aliphatic carbocycles. The van der Waals surface area contributed by atoms with Gasteiger partial charge < -0.3 is 9.32 Å². The summed E-state index contributed by atoms with van der Waals surface area (Å²) in [7, 11) is 0. The van der Waals surface area contributed by atoms with Crippen LogP contribution in [-0.2, 0) is 16.8 Å². The molecule has 1 atom stereocenters. The van der Waals surface area contributed by atoms with E-state index in [4.69, 9.17) is 4.42 Å². The molecule has 2 aliphatic heterocycles. The second-order valence-corrected chi connectivity index (χ2v) is 9.32. The fourth-order valence-corrected chi connectivity index (χ4v) is 6.07. The van der Waals surface area contributed by atoms with Crippen molar-refractivity contribution >= 4 is 44.9 Å². The fourth-order valence-electron chi connectivity index (χ4n) is 5.07. The van der Waals surface area contributed by atoms with Crippen LogP contribution in [0.4, 0.5) is 10.8 Å². The first-order valence-corrected chi connectivity index (χ1v) is 12.0. The van der Waals surface area contributed by atoms with Crippen LogP contribution >= 0.6 is 11.3 Å². The third-order valence-electron chi connectivity index (χ3n) is 6.46. The topological polar surface area (TPSA) is 96.6 Å². The molecule has 4 aromatic rings. The first-order valence-electron chi connectivity index (χ1n) is 11.2. The predicted octanol–water partition coefficient (Wildman–Crippen LogP) is 3.87. The van der Waals surface area contributed by atoms with Gasteiger partial charge >= 0.3 is 0 Å². The molecule has 2 aromatic carbocycles. The summed E-state index contributed by atoms with van der Waals surface area (Å²) in [6, 6.07) is 14.0. The van der Waals surface area contributed by atoms with Crippen molar-refractivity contribution in [3.63, 3.8) is 0 Å². The van der Waals surface area contributed by atoms with Gasteiger partial charge in [0.15, 0.2) is 11.0 Å². The predicted molar refractivity (Wildman–Crippen MR) is 128 cm³/mol. The maximum Gasteiger partial charge on any atom is 0.297 e. The van der Waals surface area contributed by atoms with Crippen molar-refractivity contribution in [2.75, 3.05) is 16.3 Å². The van der Waals surface area contributed by atoms with Crippen LogP contribution in [0.15, 0.2) is 57.7 Å². The van der Waals surface area contributed by atoms with Crippen LogP contribution in [0.1, 0.15) is 47.0 Å². The number of nitrogens with zero attached hydrogens (tertiary/aromatic N) is 4. The zero-order valence-electron chi connectivity index (χ0n) is 18.6. The number of amides is 2. The summed E-state index contributed by atoms with van der Waals surface area (Å²) in [6.07, 6.45) is 1.57. The number of fused-ring (bicyclic) bond motifs is 5. The monoisotopic (exact) mass is 472 g/mol. The van der Waals surface area contributed by atoms with Gasteiger partial charge in [0.05, 0.1) is 16.6 Å². The molecular formula is C25H20N4O4S. The van der Waals surface area contributed by atoms with Crippen molar-refractivity contribution in [1.82, 2.24) is 10.2 Å². The van der Waals surface area contributed by atoms with E-state index < -0.39 is 16.9 Å². The van der Waals surface area contributed by atoms with Gasteiger partial charge in [-0.3, -0.25) is 19.3 Å². The summed E-state index contributed by atoms with van der Waals surface area (Å²) in [6.45, 7) is 4.28. The standard InChI is InChI=1S/C25H20N4O4S/c1-3-9-18-26-27-24(34-18)29-22(31)21-19(20(30)14-10-5-8-13-17(14)33-21)25(29)15-11-6-7-12-16(15)28(4-2)23(25)32/h5-8,10-13H,3-4,9H2,1-2H3. The number of benzene rings is 2. The van der Waals surface area contributed by atoms with E-state index in [0.29, 0.717) is 35.2 Å². The number of carbonyl (C=O) groups is 2. The van der Waals surface area contributed by atoms with Crippen LogP contribution in [-0.4, -0.2) is 28.6 Å². The number of hydrogen-bond donors (Lipinski definition) is 0. The minimum Gasteiger partial charge on any atom is -0.450 e. The Morgan fingerprint density at radius 1 is 1.00 bits per heavy atom. The van der Waals surface area contributed by atoms with E-state index in [0.717, 1.165) is 11.4 Å². The van der Waals surface area contributed by atoms with Crippen LogP contribution in [0.5, 0.6) is 0 Å². The normalized spacial score (nSPS) is 18.9. The molecule has 6 rings (SSSR count). The maximum absolute atomic E-state index is 14.2. The Hall–Kier alpha value is -3.85. The van der Waals surface area contributed by atoms with Gasteiger partial charge in [0, 0.05) is 18.5 Å². The average molecular weight is 473 g/mol. The highest BCUT2D eigenvalue weighted by Gasteiger charge is 2.66. The van der Waals surface area contributed by atoms with Gasteiger partial charge in [0.2, 0.25) is 10.9 Å². The summed E-state index contributed by atoms with van der Waals surface area (Å²) < 4.78 is 6.02. The molecule has 8 nitrogen and oxygen atoms in total. The van der Waals surface area contributed by atoms with Crippen molar-refractivity contribution in [3.8, 4) is 0 Å². The van der Waals surface area contributed by atoms with E-state index in [1.54, 1.807) is 41.3 Å². The van der Waals surface area contributed by atoms with Gasteiger partial charge in [-0.05, 0) is 31.5 Å². The van der Waals surface area contributed by atoms with Gasteiger partial charge in [-0.15, -0.1) is 10.2 Å². The van der Waals surface area contributed by atoms with Crippen LogP contribution in [0.3, 0.4) is 0 Å². The largest absolute Gasteiger partial charge is 0.450 e. The zero-order valence-corrected chi connectivity index (χ0v) is 19.4. The summed E-state index contributed by atoms with van der Waals surface area (Å²) in [5.74, 6) is -1.08. The molecule has 0 saturated carbocycles. The van der Waals surface area contributed by atoms with Crippen LogP contribution in [0.25, 0.3) is 11.0 Å². The Labute approximate surface area is 198 Å². The molecule has 0 saturated heterocycles. The Kier molecular flexibility index (Phi) is 4.47. The molecule has 2 amide bonds. The number of aromatic nitrogens is 2. The lowest BCUT2D eigenvalue weighted by molar-refractivity contribution is -0.121. The minimum absolute atomic E-state index is 0.0387. The lowest BCUT2D eigenvalue weighted by Crippen LogP contribution is -2.53. The Morgan fingerprint density at radius 3 is 2.56 bits per heavy atom. The van der Waals surface area contributed by atoms with Gasteiger partial charge in [0.1, 0.15) is 10.6 Å². The number of para-hydroxylation sites is 2. The molecule has 0 bridgehead atoms. The number of anilines is 2. The molecule has 4 heterocycles. The van der Waals surface area contributed by atoms with E-state index in [9.17, 15) is 14.4 Å². The van der Waals surface area contributed by atoms with Crippen molar-refractivity contribution < 1.29 is 14.0 Å². The zero-order chi connectivity index (χ0) is 23.6. The summed E-state index contributed by atoms with van der Waals surface area (Å²) >= 11 is 1.25. The van der Waals surface area contributed by atoms with Gasteiger partial charge in [-0.2, -0.15) is 0 Å². The highest BCUT2D eigenvalue weighted by atomic mass is 32.1. The molecule has 0 radical (unpaired) electrons. The average Bonchev–Trinajstić information content (AvgIpc) is 3.48. The number of aryl methyl sites for hydroxylation is 1. The molecule has 0 fully saturated rings. The van der Waals surface area contributed by atoms with Crippen LogP contribution in [0, 0.1) is 0 Å². The lowest BCUT2D eigenvalue weighted by Gasteiger charge is -2.31. The summed E-state index contributed by atoms with van der Waals surface area (Å²) in [4.78, 5) is 45.0. The molecule has 34 heavy (non-hydrogen) atoms. The van der Waals surface area contributed by atoms with E-state index in [-0.39, 0.29) is 22.4 Å². The highest BCUT2D eigenvalue weighted by molar-refractivity contribution is 7.15. The maximum atomic E-state index is 14.2. The van der Waals surface area contributed by atoms with Crippen molar-refractivity contribution in [2.24, 2.45) is 0 Å². The van der Waals surface area contributed by atoms with E-state index >= 15 is 0 Å². The molecular weight excluding hydrogens is 452 g/mol. The Balaban J connectivity index is 1.75. The molecule has 1 unspecified atom stereocenters. The van der Waals surface area contributed by atoms with Crippen LogP contribution in [0.2, 0.25) is 0 Å². The van der Waals surface area contributed by atoms with E-state index in [1.165, 1.54) is 16.2 Å². The lowest BCUT2D eigenvalue weighted by atomic mass is 9.84. The number of likely N-dealkylation sites (N-methyl/N-ethyl adjacent to an activating group) is 1. The Bertz CT molecular complexity index is 1560. The quantitative estimate of drug-likeness (QED) is 0.447. The molecule has 1 spiro atoms. The van der Waals surface area contributed by atoms with Gasteiger partial charge in [0.25, 0.3) is 11.8 Å². The third kappa shape index (κ3) is 2.44. The number of hydrogen-bond acceptors (Lipinski definition) is 7. The minimum atomic E-state index is -1.70. The third-order valence-corrected chi connectivity index (χ3v) is 7.43. The SMILES string of the molecule is CCCc1nnc(N2C(=O)c3oc4ccccc4c(=O)c3C23C(=O)N(CC)c2ccccc23)s1. The summed E-state index contributed by atoms with van der Waals surface area (Å²) in [5, 5.41) is 9.87. The van der Waals surface area contributed by atoms with Gasteiger partial charge in [-0.25, -0.2) is 0 Å². The van der Waals surface area contributed by atoms with Crippen molar-refractivity contribution in [3.05, 3.63) is 80.6 Å². The molecule has 2 aliphatic rings.